The standard InChI is InChI=1S/C17H18O4/c1-11-4-5-13-14(15(18)10-19-16(13)6-11)7-12-8-20-17(2,3)21-9-12/h4-6H,8-10H2,1-3H3. The van der Waals surface area contributed by atoms with Crippen LogP contribution < -0.4 is 4.74 Å². The maximum atomic E-state index is 12.1. The molecule has 4 nitrogen and oxygen atoms in total. The zero-order chi connectivity index (χ0) is 15.0. The van der Waals surface area contributed by atoms with Crippen molar-refractivity contribution in [2.45, 2.75) is 26.6 Å². The molecule has 2 aliphatic heterocycles. The van der Waals surface area contributed by atoms with Gasteiger partial charge in [0.25, 0.3) is 0 Å². The van der Waals surface area contributed by atoms with Crippen molar-refractivity contribution in [3.63, 3.8) is 0 Å². The monoisotopic (exact) mass is 286 g/mol. The molecule has 0 spiro atoms. The second kappa shape index (κ2) is 5.15. The van der Waals surface area contributed by atoms with Crippen molar-refractivity contribution in [3.8, 4) is 5.75 Å². The molecule has 0 atom stereocenters. The Morgan fingerprint density at radius 2 is 1.86 bits per heavy atom. The van der Waals surface area contributed by atoms with E-state index in [-0.39, 0.29) is 12.4 Å². The number of hydrogen-bond acceptors (Lipinski definition) is 4. The molecule has 2 aliphatic rings. The van der Waals surface area contributed by atoms with Gasteiger partial charge in [-0.15, -0.1) is 5.73 Å². The largest absolute Gasteiger partial charge is 0.485 e. The van der Waals surface area contributed by atoms with Crippen LogP contribution in [0.15, 0.2) is 29.5 Å². The van der Waals surface area contributed by atoms with Crippen molar-refractivity contribution >= 4 is 11.4 Å². The Labute approximate surface area is 124 Å². The fourth-order valence-electron chi connectivity index (χ4n) is 2.31. The van der Waals surface area contributed by atoms with Crippen LogP contribution in [0.4, 0.5) is 0 Å². The smallest absolute Gasteiger partial charge is 0.208 e. The van der Waals surface area contributed by atoms with Crippen molar-refractivity contribution in [1.82, 2.24) is 0 Å². The summed E-state index contributed by atoms with van der Waals surface area (Å²) in [6, 6.07) is 5.80. The first kappa shape index (κ1) is 14.1. The van der Waals surface area contributed by atoms with E-state index >= 15 is 0 Å². The fraction of sp³-hybridized carbons (Fsp3) is 0.412. The third-order valence-electron chi connectivity index (χ3n) is 3.53. The zero-order valence-electron chi connectivity index (χ0n) is 12.5. The Kier molecular flexibility index (Phi) is 3.46. The number of Topliss-reactive ketones (excluding diaryl/α,β-unsaturated/α-hetero) is 1. The van der Waals surface area contributed by atoms with Gasteiger partial charge in [0.05, 0.1) is 18.8 Å². The summed E-state index contributed by atoms with van der Waals surface area (Å²) in [5.41, 5.74) is 6.45. The Bertz CT molecular complexity index is 651. The van der Waals surface area contributed by atoms with Gasteiger partial charge in [-0.3, -0.25) is 4.79 Å². The quantitative estimate of drug-likeness (QED) is 0.543. The van der Waals surface area contributed by atoms with Gasteiger partial charge < -0.3 is 14.2 Å². The number of fused-ring (bicyclic) bond motifs is 1. The Balaban J connectivity index is 2.02. The van der Waals surface area contributed by atoms with Gasteiger partial charge in [-0.1, -0.05) is 6.07 Å². The highest BCUT2D eigenvalue weighted by Gasteiger charge is 2.27. The van der Waals surface area contributed by atoms with Crippen LogP contribution in [0.3, 0.4) is 0 Å². The summed E-state index contributed by atoms with van der Waals surface area (Å²) in [6.45, 7) is 6.63. The molecule has 1 aromatic carbocycles. The van der Waals surface area contributed by atoms with Crippen molar-refractivity contribution in [2.75, 3.05) is 19.8 Å². The van der Waals surface area contributed by atoms with Gasteiger partial charge in [0.2, 0.25) is 5.78 Å². The number of carbonyl (C=O) groups excluding carboxylic acids is 1. The minimum Gasteiger partial charge on any atom is -0.485 e. The number of aryl methyl sites for hydroxylation is 1. The van der Waals surface area contributed by atoms with Crippen LogP contribution in [-0.2, 0) is 14.3 Å². The average Bonchev–Trinajstić information content (AvgIpc) is 2.44. The molecule has 0 aliphatic carbocycles. The van der Waals surface area contributed by atoms with Crippen LogP contribution in [0.2, 0.25) is 0 Å². The topological polar surface area (TPSA) is 44.8 Å². The van der Waals surface area contributed by atoms with E-state index in [0.717, 1.165) is 22.4 Å². The van der Waals surface area contributed by atoms with Gasteiger partial charge in [0, 0.05) is 11.1 Å². The lowest BCUT2D eigenvalue weighted by atomic mass is 9.97. The molecule has 0 unspecified atom stereocenters. The Hall–Kier alpha value is -1.87. The lowest BCUT2D eigenvalue weighted by molar-refractivity contribution is -0.225. The Morgan fingerprint density at radius 1 is 1.14 bits per heavy atom. The highest BCUT2D eigenvalue weighted by molar-refractivity contribution is 6.23. The van der Waals surface area contributed by atoms with Crippen LogP contribution in [0.5, 0.6) is 5.75 Å². The van der Waals surface area contributed by atoms with Crippen LogP contribution in [0.25, 0.3) is 5.57 Å². The molecule has 1 saturated heterocycles. The molecule has 0 amide bonds. The van der Waals surface area contributed by atoms with Gasteiger partial charge in [0.15, 0.2) is 12.4 Å². The van der Waals surface area contributed by atoms with Gasteiger partial charge in [-0.25, -0.2) is 0 Å². The van der Waals surface area contributed by atoms with Gasteiger partial charge in [0.1, 0.15) is 5.75 Å². The van der Waals surface area contributed by atoms with Crippen molar-refractivity contribution in [3.05, 3.63) is 40.6 Å². The van der Waals surface area contributed by atoms with Crippen LogP contribution in [0.1, 0.15) is 25.0 Å². The molecule has 1 aromatic rings. The molecule has 110 valence electrons. The number of ether oxygens (including phenoxy) is 3. The van der Waals surface area contributed by atoms with Crippen LogP contribution >= 0.6 is 0 Å². The van der Waals surface area contributed by atoms with Crippen LogP contribution in [0, 0.1) is 6.92 Å². The van der Waals surface area contributed by atoms with E-state index < -0.39 is 5.79 Å². The number of ketones is 1. The summed E-state index contributed by atoms with van der Waals surface area (Å²) >= 11 is 0. The van der Waals surface area contributed by atoms with E-state index in [9.17, 15) is 4.79 Å². The van der Waals surface area contributed by atoms with E-state index in [1.54, 1.807) is 0 Å². The highest BCUT2D eigenvalue weighted by atomic mass is 16.7. The summed E-state index contributed by atoms with van der Waals surface area (Å²) < 4.78 is 16.7. The molecule has 0 radical (unpaired) electrons. The second-order valence-electron chi connectivity index (χ2n) is 5.79. The summed E-state index contributed by atoms with van der Waals surface area (Å²) in [5, 5.41) is 0. The van der Waals surface area contributed by atoms with Crippen LogP contribution in [-0.4, -0.2) is 31.4 Å². The second-order valence-corrected chi connectivity index (χ2v) is 5.79. The molecule has 0 saturated carbocycles. The molecule has 2 heterocycles. The maximum Gasteiger partial charge on any atom is 0.208 e. The molecular formula is C17H18O4. The van der Waals surface area contributed by atoms with Crippen molar-refractivity contribution in [2.24, 2.45) is 0 Å². The molecular weight excluding hydrogens is 268 g/mol. The first-order chi connectivity index (χ1) is 9.94. The van der Waals surface area contributed by atoms with Gasteiger partial charge in [-0.2, -0.15) is 0 Å². The van der Waals surface area contributed by atoms with Crippen molar-refractivity contribution in [1.29, 1.82) is 0 Å². The summed E-state index contributed by atoms with van der Waals surface area (Å²) in [7, 11) is 0. The summed E-state index contributed by atoms with van der Waals surface area (Å²) in [4.78, 5) is 12.1. The summed E-state index contributed by atoms with van der Waals surface area (Å²) in [5.74, 6) is 0.0873. The maximum absolute atomic E-state index is 12.1. The first-order valence-corrected chi connectivity index (χ1v) is 6.98. The third kappa shape index (κ3) is 2.93. The predicted octanol–water partition coefficient (Wildman–Crippen LogP) is 2.65. The van der Waals surface area contributed by atoms with E-state index in [4.69, 9.17) is 14.2 Å². The molecule has 3 rings (SSSR count). The molecule has 4 heteroatoms. The van der Waals surface area contributed by atoms with E-state index in [1.807, 2.05) is 39.0 Å². The molecule has 0 aromatic heterocycles. The lowest BCUT2D eigenvalue weighted by Gasteiger charge is -2.31. The number of hydrogen-bond donors (Lipinski definition) is 0. The first-order valence-electron chi connectivity index (χ1n) is 6.98. The number of carbonyl (C=O) groups is 1. The third-order valence-corrected chi connectivity index (χ3v) is 3.53. The summed E-state index contributed by atoms with van der Waals surface area (Å²) in [6.07, 6.45) is 0. The Morgan fingerprint density at radius 3 is 2.57 bits per heavy atom. The minimum absolute atomic E-state index is 0.0548. The normalized spacial score (nSPS) is 20.6. The minimum atomic E-state index is -0.579. The van der Waals surface area contributed by atoms with Crippen molar-refractivity contribution < 1.29 is 19.0 Å². The fourth-order valence-corrected chi connectivity index (χ4v) is 2.31. The number of benzene rings is 1. The number of rotatable bonds is 0. The SMILES string of the molecule is Cc1ccc2c(c1)OCC(=O)C2=C=C1COC(C)(C)OC1. The van der Waals surface area contributed by atoms with E-state index in [1.165, 1.54) is 0 Å². The predicted molar refractivity (Wildman–Crippen MR) is 78.1 cm³/mol. The van der Waals surface area contributed by atoms with Gasteiger partial charge in [-0.05, 0) is 38.5 Å². The van der Waals surface area contributed by atoms with E-state index in [0.29, 0.717) is 18.8 Å². The molecule has 0 bridgehead atoms. The van der Waals surface area contributed by atoms with E-state index in [2.05, 4.69) is 5.73 Å². The average molecular weight is 286 g/mol. The highest BCUT2D eigenvalue weighted by Crippen LogP contribution is 2.32. The molecule has 21 heavy (non-hydrogen) atoms. The zero-order valence-corrected chi connectivity index (χ0v) is 12.5. The molecule has 0 N–H and O–H groups in total. The van der Waals surface area contributed by atoms with Gasteiger partial charge >= 0.3 is 0 Å². The lowest BCUT2D eigenvalue weighted by Crippen LogP contribution is -2.35. The molecule has 1 fully saturated rings.